The molecule has 0 aliphatic heterocycles. The van der Waals surface area contributed by atoms with Crippen molar-refractivity contribution in [2.45, 2.75) is 36.7 Å². The van der Waals surface area contributed by atoms with Gasteiger partial charge in [-0.15, -0.1) is 0 Å². The highest BCUT2D eigenvalue weighted by Gasteiger charge is 2.25. The van der Waals surface area contributed by atoms with E-state index in [2.05, 4.69) is 4.72 Å². The average molecular weight is 304 g/mol. The minimum absolute atomic E-state index is 0.0399. The molecule has 0 spiro atoms. The van der Waals surface area contributed by atoms with Crippen LogP contribution in [-0.2, 0) is 10.0 Å². The van der Waals surface area contributed by atoms with E-state index in [1.807, 2.05) is 0 Å². The Morgan fingerprint density at radius 1 is 1.32 bits per heavy atom. The van der Waals surface area contributed by atoms with Gasteiger partial charge in [0, 0.05) is 6.54 Å². The summed E-state index contributed by atoms with van der Waals surface area (Å²) in [7, 11) is -3.66. The van der Waals surface area contributed by atoms with Crippen LogP contribution < -0.4 is 4.72 Å². The first-order valence-electron chi connectivity index (χ1n) is 6.43. The number of aliphatic hydroxyl groups is 1. The molecule has 0 amide bonds. The lowest BCUT2D eigenvalue weighted by atomic mass is 10.0. The zero-order valence-corrected chi connectivity index (χ0v) is 12.1. The summed E-state index contributed by atoms with van der Waals surface area (Å²) in [5.41, 5.74) is 0. The van der Waals surface area contributed by atoms with Crippen molar-refractivity contribution in [1.82, 2.24) is 4.72 Å². The van der Waals surface area contributed by atoms with Crippen LogP contribution in [0.3, 0.4) is 0 Å². The second kappa shape index (κ2) is 6.22. The first-order valence-corrected chi connectivity index (χ1v) is 8.29. The Bertz CT molecular complexity index is 526. The van der Waals surface area contributed by atoms with E-state index in [4.69, 9.17) is 11.6 Å². The lowest BCUT2D eigenvalue weighted by molar-refractivity contribution is 0.115. The van der Waals surface area contributed by atoms with Gasteiger partial charge in [0.25, 0.3) is 0 Å². The number of benzene rings is 1. The van der Waals surface area contributed by atoms with Crippen LogP contribution in [0.15, 0.2) is 29.2 Å². The molecule has 6 heteroatoms. The number of nitrogens with one attached hydrogen (secondary N) is 1. The summed E-state index contributed by atoms with van der Waals surface area (Å²) in [6.07, 6.45) is 3.53. The van der Waals surface area contributed by atoms with Crippen molar-refractivity contribution in [3.05, 3.63) is 29.3 Å². The maximum atomic E-state index is 12.1. The molecule has 106 valence electrons. The van der Waals surface area contributed by atoms with Crippen LogP contribution in [0.25, 0.3) is 0 Å². The second-order valence-electron chi connectivity index (χ2n) is 4.89. The fourth-order valence-electron chi connectivity index (χ4n) is 2.44. The molecule has 2 rings (SSSR count). The molecule has 1 aliphatic rings. The summed E-state index contributed by atoms with van der Waals surface area (Å²) in [6.45, 7) is 0.0399. The largest absolute Gasteiger partial charge is 0.391 e. The van der Waals surface area contributed by atoms with Crippen molar-refractivity contribution < 1.29 is 13.5 Å². The van der Waals surface area contributed by atoms with Crippen LogP contribution in [-0.4, -0.2) is 26.2 Å². The molecule has 1 unspecified atom stereocenters. The molecule has 4 nitrogen and oxygen atoms in total. The van der Waals surface area contributed by atoms with Gasteiger partial charge < -0.3 is 5.11 Å². The third-order valence-electron chi connectivity index (χ3n) is 3.55. The van der Waals surface area contributed by atoms with Gasteiger partial charge in [-0.05, 0) is 30.9 Å². The molecule has 1 fully saturated rings. The van der Waals surface area contributed by atoms with Crippen molar-refractivity contribution in [3.8, 4) is 0 Å². The van der Waals surface area contributed by atoms with E-state index in [-0.39, 0.29) is 22.4 Å². The molecule has 1 aromatic carbocycles. The fraction of sp³-hybridized carbons (Fsp3) is 0.538. The highest BCUT2D eigenvalue weighted by Crippen LogP contribution is 2.27. The Morgan fingerprint density at radius 2 is 1.95 bits per heavy atom. The molecular weight excluding hydrogens is 286 g/mol. The van der Waals surface area contributed by atoms with Crippen molar-refractivity contribution in [1.29, 1.82) is 0 Å². The first kappa shape index (κ1) is 14.8. The van der Waals surface area contributed by atoms with E-state index in [1.54, 1.807) is 12.1 Å². The quantitative estimate of drug-likeness (QED) is 0.876. The van der Waals surface area contributed by atoms with Crippen LogP contribution in [0.5, 0.6) is 0 Å². The van der Waals surface area contributed by atoms with Crippen molar-refractivity contribution in [2.24, 2.45) is 5.92 Å². The summed E-state index contributed by atoms with van der Waals surface area (Å²) in [5.74, 6) is 0.203. The average Bonchev–Trinajstić information content (AvgIpc) is 2.90. The number of hydrogen-bond donors (Lipinski definition) is 2. The van der Waals surface area contributed by atoms with Crippen LogP contribution in [0.4, 0.5) is 0 Å². The summed E-state index contributed by atoms with van der Waals surface area (Å²) in [5, 5.41) is 10.2. The standard InChI is InChI=1S/C13H18ClNO3S/c14-11-7-3-4-8-13(11)19(17,18)15-9-12(16)10-5-1-2-6-10/h3-4,7-8,10,12,15-16H,1-2,5-6,9H2. The number of hydrogen-bond acceptors (Lipinski definition) is 3. The van der Waals surface area contributed by atoms with Gasteiger partial charge in [-0.2, -0.15) is 0 Å². The molecule has 0 aromatic heterocycles. The number of aliphatic hydroxyl groups excluding tert-OH is 1. The topological polar surface area (TPSA) is 66.4 Å². The second-order valence-corrected chi connectivity index (χ2v) is 7.04. The van der Waals surface area contributed by atoms with E-state index >= 15 is 0 Å². The van der Waals surface area contributed by atoms with Crippen LogP contribution in [0.2, 0.25) is 5.02 Å². The molecule has 0 heterocycles. The molecule has 1 aromatic rings. The molecule has 0 bridgehead atoms. The molecule has 1 atom stereocenters. The normalized spacial score (nSPS) is 18.6. The van der Waals surface area contributed by atoms with E-state index < -0.39 is 16.1 Å². The van der Waals surface area contributed by atoms with Gasteiger partial charge in [-0.1, -0.05) is 36.6 Å². The Balaban J connectivity index is 2.00. The SMILES string of the molecule is O=S(=O)(NCC(O)C1CCCC1)c1ccccc1Cl. The molecule has 1 saturated carbocycles. The third kappa shape index (κ3) is 3.69. The van der Waals surface area contributed by atoms with Crippen molar-refractivity contribution in [2.75, 3.05) is 6.54 Å². The van der Waals surface area contributed by atoms with E-state index in [0.717, 1.165) is 25.7 Å². The van der Waals surface area contributed by atoms with Gasteiger partial charge in [-0.25, -0.2) is 13.1 Å². The molecule has 0 saturated heterocycles. The van der Waals surface area contributed by atoms with Crippen LogP contribution in [0, 0.1) is 5.92 Å². The highest BCUT2D eigenvalue weighted by molar-refractivity contribution is 7.89. The highest BCUT2D eigenvalue weighted by atomic mass is 35.5. The third-order valence-corrected chi connectivity index (χ3v) is 5.48. The molecule has 0 radical (unpaired) electrons. The van der Waals surface area contributed by atoms with E-state index in [0.29, 0.717) is 0 Å². The number of sulfonamides is 1. The Hall–Kier alpha value is -0.620. The zero-order chi connectivity index (χ0) is 13.9. The molecule has 2 N–H and O–H groups in total. The lowest BCUT2D eigenvalue weighted by Gasteiger charge is -2.18. The minimum Gasteiger partial charge on any atom is -0.391 e. The van der Waals surface area contributed by atoms with Gasteiger partial charge in [0.1, 0.15) is 4.90 Å². The maximum Gasteiger partial charge on any atom is 0.242 e. The first-order chi connectivity index (χ1) is 9.00. The Labute approximate surface area is 118 Å². The fourth-order valence-corrected chi connectivity index (χ4v) is 4.01. The van der Waals surface area contributed by atoms with E-state index in [9.17, 15) is 13.5 Å². The summed E-state index contributed by atoms with van der Waals surface area (Å²) in [6, 6.07) is 6.28. The van der Waals surface area contributed by atoms with Crippen LogP contribution >= 0.6 is 11.6 Å². The molecular formula is C13H18ClNO3S. The van der Waals surface area contributed by atoms with Crippen LogP contribution in [0.1, 0.15) is 25.7 Å². The Morgan fingerprint density at radius 3 is 2.58 bits per heavy atom. The van der Waals surface area contributed by atoms with Gasteiger partial charge in [0.2, 0.25) is 10.0 Å². The van der Waals surface area contributed by atoms with E-state index in [1.165, 1.54) is 12.1 Å². The van der Waals surface area contributed by atoms with Crippen molar-refractivity contribution in [3.63, 3.8) is 0 Å². The number of halogens is 1. The smallest absolute Gasteiger partial charge is 0.242 e. The summed E-state index contributed by atoms with van der Waals surface area (Å²) < 4.78 is 26.6. The summed E-state index contributed by atoms with van der Waals surface area (Å²) in [4.78, 5) is 0.0512. The minimum atomic E-state index is -3.66. The Kier molecular flexibility index (Phi) is 4.84. The predicted octanol–water partition coefficient (Wildman–Crippen LogP) is 2.17. The zero-order valence-electron chi connectivity index (χ0n) is 10.5. The number of rotatable bonds is 5. The van der Waals surface area contributed by atoms with Crippen molar-refractivity contribution >= 4 is 21.6 Å². The molecule has 1 aliphatic carbocycles. The predicted molar refractivity (Wildman–Crippen MR) is 74.6 cm³/mol. The van der Waals surface area contributed by atoms with Gasteiger partial charge in [0.15, 0.2) is 0 Å². The van der Waals surface area contributed by atoms with Gasteiger partial charge in [0.05, 0.1) is 11.1 Å². The maximum absolute atomic E-state index is 12.1. The molecule has 19 heavy (non-hydrogen) atoms. The van der Waals surface area contributed by atoms with Gasteiger partial charge in [-0.3, -0.25) is 0 Å². The summed E-state index contributed by atoms with van der Waals surface area (Å²) >= 11 is 5.87. The van der Waals surface area contributed by atoms with Gasteiger partial charge >= 0.3 is 0 Å². The monoisotopic (exact) mass is 303 g/mol. The lowest BCUT2D eigenvalue weighted by Crippen LogP contribution is -2.35.